The number of benzene rings is 1. The van der Waals surface area contributed by atoms with E-state index in [4.69, 9.17) is 4.74 Å². The van der Waals surface area contributed by atoms with Crippen LogP contribution in [0, 0.1) is 0 Å². The lowest BCUT2D eigenvalue weighted by Gasteiger charge is -2.37. The highest BCUT2D eigenvalue weighted by Crippen LogP contribution is 2.22. The van der Waals surface area contributed by atoms with E-state index >= 15 is 0 Å². The fraction of sp³-hybridized carbons (Fsp3) is 0.444. The third-order valence-corrected chi connectivity index (χ3v) is 4.37. The lowest BCUT2D eigenvalue weighted by molar-refractivity contribution is -0.147. The maximum Gasteiger partial charge on any atom is 0.252 e. The van der Waals surface area contributed by atoms with E-state index in [0.717, 1.165) is 17.9 Å². The average molecular weight is 328 g/mol. The molecule has 1 aromatic carbocycles. The molecule has 2 heterocycles. The van der Waals surface area contributed by atoms with Crippen LogP contribution in [0.2, 0.25) is 0 Å². The third-order valence-electron chi connectivity index (χ3n) is 4.37. The van der Waals surface area contributed by atoms with Crippen molar-refractivity contribution in [3.05, 3.63) is 54.1 Å². The van der Waals surface area contributed by atoms with Gasteiger partial charge in [-0.15, -0.1) is 0 Å². The van der Waals surface area contributed by atoms with Crippen molar-refractivity contribution in [3.63, 3.8) is 0 Å². The number of nitrogens with zero attached hydrogens (tertiary/aromatic N) is 3. The van der Waals surface area contributed by atoms with Crippen LogP contribution in [-0.4, -0.2) is 46.1 Å². The molecule has 1 aliphatic heterocycles. The highest BCUT2D eigenvalue weighted by atomic mass is 16.5. The molecule has 1 aromatic heterocycles. The van der Waals surface area contributed by atoms with E-state index < -0.39 is 6.10 Å². The predicted octanol–water partition coefficient (Wildman–Crippen LogP) is 1.50. The molecule has 128 valence electrons. The molecular weight excluding hydrogens is 304 g/mol. The van der Waals surface area contributed by atoms with Crippen LogP contribution < -0.4 is 5.32 Å². The lowest BCUT2D eigenvalue weighted by atomic mass is 10.1. The number of piperazine rings is 1. The fourth-order valence-corrected chi connectivity index (χ4v) is 3.00. The van der Waals surface area contributed by atoms with Crippen molar-refractivity contribution < 1.29 is 9.53 Å². The molecule has 0 aliphatic carbocycles. The monoisotopic (exact) mass is 328 g/mol. The molecule has 6 nitrogen and oxygen atoms in total. The maximum atomic E-state index is 12.9. The molecule has 1 amide bonds. The SMILES string of the molecule is CC(OCc1ccccc1)C(=O)N1CCNCC1c1nccn1C. The Hall–Kier alpha value is -2.18. The van der Waals surface area contributed by atoms with Gasteiger partial charge in [0.15, 0.2) is 0 Å². The third kappa shape index (κ3) is 3.66. The second-order valence-electron chi connectivity index (χ2n) is 6.09. The summed E-state index contributed by atoms with van der Waals surface area (Å²) in [5, 5.41) is 3.34. The van der Waals surface area contributed by atoms with Gasteiger partial charge in [0.2, 0.25) is 0 Å². The smallest absolute Gasteiger partial charge is 0.252 e. The van der Waals surface area contributed by atoms with Gasteiger partial charge in [-0.1, -0.05) is 30.3 Å². The van der Waals surface area contributed by atoms with E-state index in [9.17, 15) is 4.79 Å². The second-order valence-corrected chi connectivity index (χ2v) is 6.09. The van der Waals surface area contributed by atoms with E-state index in [1.807, 2.05) is 60.0 Å². The summed E-state index contributed by atoms with van der Waals surface area (Å²) in [7, 11) is 1.95. The molecular formula is C18H24N4O2. The standard InChI is InChI=1S/C18H24N4O2/c1-14(24-13-15-6-4-3-5-7-15)18(23)22-11-8-19-12-16(22)17-20-9-10-21(17)2/h3-7,9-10,14,16,19H,8,11-13H2,1-2H3. The van der Waals surface area contributed by atoms with Gasteiger partial charge in [0.25, 0.3) is 5.91 Å². The van der Waals surface area contributed by atoms with Crippen molar-refractivity contribution in [2.24, 2.45) is 7.05 Å². The van der Waals surface area contributed by atoms with Gasteiger partial charge in [-0.05, 0) is 12.5 Å². The number of carbonyl (C=O) groups is 1. The normalized spacial score (nSPS) is 19.2. The van der Waals surface area contributed by atoms with E-state index in [0.29, 0.717) is 19.7 Å². The second kappa shape index (κ2) is 7.59. The molecule has 24 heavy (non-hydrogen) atoms. The molecule has 2 atom stereocenters. The van der Waals surface area contributed by atoms with Crippen LogP contribution in [0.15, 0.2) is 42.7 Å². The number of imidazole rings is 1. The Kier molecular flexibility index (Phi) is 5.27. The Morgan fingerprint density at radius 3 is 2.92 bits per heavy atom. The minimum Gasteiger partial charge on any atom is -0.364 e. The lowest BCUT2D eigenvalue weighted by Crippen LogP contribution is -2.52. The summed E-state index contributed by atoms with van der Waals surface area (Å²) in [4.78, 5) is 19.2. The van der Waals surface area contributed by atoms with Gasteiger partial charge in [0.05, 0.1) is 6.61 Å². The Labute approximate surface area is 142 Å². The summed E-state index contributed by atoms with van der Waals surface area (Å²) in [6, 6.07) is 9.85. The predicted molar refractivity (Wildman–Crippen MR) is 91.2 cm³/mol. The Morgan fingerprint density at radius 1 is 1.42 bits per heavy atom. The summed E-state index contributed by atoms with van der Waals surface area (Å²) in [6.45, 7) is 4.42. The Morgan fingerprint density at radius 2 is 2.21 bits per heavy atom. The first-order valence-corrected chi connectivity index (χ1v) is 8.30. The molecule has 1 fully saturated rings. The van der Waals surface area contributed by atoms with Gasteiger partial charge in [-0.2, -0.15) is 0 Å². The molecule has 2 unspecified atom stereocenters. The highest BCUT2D eigenvalue weighted by molar-refractivity contribution is 5.81. The van der Waals surface area contributed by atoms with Crippen LogP contribution in [-0.2, 0) is 23.2 Å². The van der Waals surface area contributed by atoms with Crippen LogP contribution in [0.3, 0.4) is 0 Å². The minimum absolute atomic E-state index is 0.0143. The van der Waals surface area contributed by atoms with E-state index in [2.05, 4.69) is 10.3 Å². The minimum atomic E-state index is -0.480. The van der Waals surface area contributed by atoms with Gasteiger partial charge in [-0.3, -0.25) is 4.79 Å². The number of rotatable bonds is 5. The van der Waals surface area contributed by atoms with E-state index in [1.165, 1.54) is 0 Å². The molecule has 0 saturated carbocycles. The number of aromatic nitrogens is 2. The first-order chi connectivity index (χ1) is 11.7. The van der Waals surface area contributed by atoms with Gasteiger partial charge in [-0.25, -0.2) is 4.98 Å². The van der Waals surface area contributed by atoms with Crippen LogP contribution >= 0.6 is 0 Å². The van der Waals surface area contributed by atoms with Crippen molar-refractivity contribution >= 4 is 5.91 Å². The van der Waals surface area contributed by atoms with Crippen LogP contribution in [0.1, 0.15) is 24.4 Å². The molecule has 0 spiro atoms. The van der Waals surface area contributed by atoms with Crippen LogP contribution in [0.25, 0.3) is 0 Å². The molecule has 1 aliphatic rings. The largest absolute Gasteiger partial charge is 0.364 e. The number of hydrogen-bond acceptors (Lipinski definition) is 4. The van der Waals surface area contributed by atoms with Gasteiger partial charge in [0, 0.05) is 39.1 Å². The van der Waals surface area contributed by atoms with Crippen molar-refractivity contribution in [3.8, 4) is 0 Å². The topological polar surface area (TPSA) is 59.4 Å². The molecule has 2 aromatic rings. The van der Waals surface area contributed by atoms with E-state index in [1.54, 1.807) is 6.20 Å². The number of hydrogen-bond donors (Lipinski definition) is 1. The van der Waals surface area contributed by atoms with Crippen LogP contribution in [0.4, 0.5) is 0 Å². The number of carbonyl (C=O) groups excluding carboxylic acids is 1. The zero-order chi connectivity index (χ0) is 16.9. The van der Waals surface area contributed by atoms with Gasteiger partial charge < -0.3 is 19.5 Å². The van der Waals surface area contributed by atoms with Crippen molar-refractivity contribution in [1.82, 2.24) is 19.8 Å². The first kappa shape index (κ1) is 16.7. The summed E-state index contributed by atoms with van der Waals surface area (Å²) >= 11 is 0. The van der Waals surface area contributed by atoms with Gasteiger partial charge in [0.1, 0.15) is 18.0 Å². The molecule has 0 radical (unpaired) electrons. The molecule has 0 bridgehead atoms. The quantitative estimate of drug-likeness (QED) is 0.904. The zero-order valence-electron chi connectivity index (χ0n) is 14.2. The number of amides is 1. The summed E-state index contributed by atoms with van der Waals surface area (Å²) in [5.74, 6) is 0.909. The number of ether oxygens (including phenoxy) is 1. The first-order valence-electron chi connectivity index (χ1n) is 8.30. The number of aryl methyl sites for hydroxylation is 1. The number of nitrogens with one attached hydrogen (secondary N) is 1. The van der Waals surface area contributed by atoms with Gasteiger partial charge >= 0.3 is 0 Å². The molecule has 6 heteroatoms. The maximum absolute atomic E-state index is 12.9. The molecule has 1 N–H and O–H groups in total. The summed E-state index contributed by atoms with van der Waals surface area (Å²) in [6.07, 6.45) is 3.19. The molecule has 3 rings (SSSR count). The van der Waals surface area contributed by atoms with E-state index in [-0.39, 0.29) is 11.9 Å². The van der Waals surface area contributed by atoms with Crippen molar-refractivity contribution in [1.29, 1.82) is 0 Å². The average Bonchev–Trinajstić information content (AvgIpc) is 3.05. The fourth-order valence-electron chi connectivity index (χ4n) is 3.00. The van der Waals surface area contributed by atoms with Crippen molar-refractivity contribution in [2.75, 3.05) is 19.6 Å². The Balaban J connectivity index is 1.66. The molecule has 1 saturated heterocycles. The van der Waals surface area contributed by atoms with Crippen LogP contribution in [0.5, 0.6) is 0 Å². The zero-order valence-corrected chi connectivity index (χ0v) is 14.2. The van der Waals surface area contributed by atoms with Crippen molar-refractivity contribution in [2.45, 2.75) is 25.7 Å². The Bertz CT molecular complexity index is 671. The summed E-state index contributed by atoms with van der Waals surface area (Å²) in [5.41, 5.74) is 1.07. The summed E-state index contributed by atoms with van der Waals surface area (Å²) < 4.78 is 7.77. The highest BCUT2D eigenvalue weighted by Gasteiger charge is 2.33.